The SMILES string of the molecule is N#CC(=NNc1cc(Cl)ccc1Cl)c1nc(-c2ccc(F)cc2)cs1. The lowest BCUT2D eigenvalue weighted by Gasteiger charge is -2.03. The molecular weight excluding hydrogens is 382 g/mol. The summed E-state index contributed by atoms with van der Waals surface area (Å²) in [5.41, 5.74) is 4.71. The first-order chi connectivity index (χ1) is 12.1. The second-order valence-corrected chi connectivity index (χ2v) is 6.55. The van der Waals surface area contributed by atoms with Crippen molar-refractivity contribution in [1.82, 2.24) is 4.98 Å². The molecule has 1 aromatic heterocycles. The number of anilines is 1. The van der Waals surface area contributed by atoms with Gasteiger partial charge in [-0.1, -0.05) is 23.2 Å². The maximum absolute atomic E-state index is 13.0. The van der Waals surface area contributed by atoms with Gasteiger partial charge in [0.15, 0.2) is 10.7 Å². The lowest BCUT2D eigenvalue weighted by atomic mass is 10.2. The molecule has 0 amide bonds. The molecule has 0 aliphatic rings. The molecule has 1 heterocycles. The first-order valence-electron chi connectivity index (χ1n) is 6.97. The second-order valence-electron chi connectivity index (χ2n) is 4.85. The quantitative estimate of drug-likeness (QED) is 0.466. The van der Waals surface area contributed by atoms with Crippen molar-refractivity contribution in [2.75, 3.05) is 5.43 Å². The number of halogens is 3. The van der Waals surface area contributed by atoms with E-state index in [0.717, 1.165) is 5.56 Å². The number of nitrogens with one attached hydrogen (secondary N) is 1. The third kappa shape index (κ3) is 4.15. The van der Waals surface area contributed by atoms with Crippen molar-refractivity contribution in [3.8, 4) is 17.3 Å². The van der Waals surface area contributed by atoms with Crippen LogP contribution in [-0.4, -0.2) is 10.7 Å². The molecule has 0 atom stereocenters. The van der Waals surface area contributed by atoms with Crippen molar-refractivity contribution in [1.29, 1.82) is 5.26 Å². The predicted molar refractivity (Wildman–Crippen MR) is 99.7 cm³/mol. The molecule has 0 saturated heterocycles. The van der Waals surface area contributed by atoms with E-state index in [0.29, 0.717) is 26.4 Å². The van der Waals surface area contributed by atoms with Gasteiger partial charge in [-0.3, -0.25) is 5.43 Å². The highest BCUT2D eigenvalue weighted by Gasteiger charge is 2.11. The lowest BCUT2D eigenvalue weighted by Crippen LogP contribution is -2.01. The third-order valence-corrected chi connectivity index (χ3v) is 4.58. The largest absolute Gasteiger partial charge is 0.276 e. The Bertz CT molecular complexity index is 977. The minimum Gasteiger partial charge on any atom is -0.276 e. The summed E-state index contributed by atoms with van der Waals surface area (Å²) < 4.78 is 13.0. The minimum absolute atomic E-state index is 0.106. The normalized spacial score (nSPS) is 11.2. The van der Waals surface area contributed by atoms with Crippen LogP contribution in [0.2, 0.25) is 10.0 Å². The number of hydrazone groups is 1. The molecule has 3 aromatic rings. The zero-order valence-electron chi connectivity index (χ0n) is 12.5. The maximum Gasteiger partial charge on any atom is 0.196 e. The Kier molecular flexibility index (Phi) is 5.29. The van der Waals surface area contributed by atoms with Crippen LogP contribution in [0.15, 0.2) is 52.9 Å². The van der Waals surface area contributed by atoms with Crippen molar-refractivity contribution in [3.63, 3.8) is 0 Å². The third-order valence-electron chi connectivity index (χ3n) is 3.17. The van der Waals surface area contributed by atoms with Crippen LogP contribution in [0.3, 0.4) is 0 Å². The molecule has 0 saturated carbocycles. The summed E-state index contributed by atoms with van der Waals surface area (Å²) in [6.07, 6.45) is 0. The molecule has 3 rings (SSSR count). The van der Waals surface area contributed by atoms with E-state index in [9.17, 15) is 9.65 Å². The summed E-state index contributed by atoms with van der Waals surface area (Å²) in [5.74, 6) is -0.318. The van der Waals surface area contributed by atoms with Crippen LogP contribution in [0.25, 0.3) is 11.3 Å². The van der Waals surface area contributed by atoms with E-state index in [1.165, 1.54) is 23.5 Å². The summed E-state index contributed by atoms with van der Waals surface area (Å²) in [6.45, 7) is 0. The monoisotopic (exact) mass is 390 g/mol. The van der Waals surface area contributed by atoms with E-state index >= 15 is 0 Å². The van der Waals surface area contributed by atoms with Gasteiger partial charge in [-0.25, -0.2) is 9.37 Å². The summed E-state index contributed by atoms with van der Waals surface area (Å²) in [6, 6.07) is 12.9. The molecular formula is C17H9Cl2FN4S. The maximum atomic E-state index is 13.0. The Morgan fingerprint density at radius 2 is 1.96 bits per heavy atom. The summed E-state index contributed by atoms with van der Waals surface area (Å²) in [4.78, 5) is 4.38. The zero-order chi connectivity index (χ0) is 17.8. The fourth-order valence-corrected chi connectivity index (χ4v) is 3.05. The molecule has 0 aliphatic carbocycles. The van der Waals surface area contributed by atoms with Gasteiger partial charge in [0.1, 0.15) is 11.9 Å². The first kappa shape index (κ1) is 17.4. The highest BCUT2D eigenvalue weighted by Crippen LogP contribution is 2.26. The van der Waals surface area contributed by atoms with Crippen LogP contribution >= 0.6 is 34.5 Å². The molecule has 1 N–H and O–H groups in total. The van der Waals surface area contributed by atoms with Crippen LogP contribution in [-0.2, 0) is 0 Å². The van der Waals surface area contributed by atoms with Crippen LogP contribution in [0.4, 0.5) is 10.1 Å². The van der Waals surface area contributed by atoms with Gasteiger partial charge < -0.3 is 0 Å². The number of hydrogen-bond donors (Lipinski definition) is 1. The number of benzene rings is 2. The molecule has 25 heavy (non-hydrogen) atoms. The van der Waals surface area contributed by atoms with Gasteiger partial charge in [0.25, 0.3) is 0 Å². The van der Waals surface area contributed by atoms with Gasteiger partial charge in [0.05, 0.1) is 16.4 Å². The zero-order valence-corrected chi connectivity index (χ0v) is 14.8. The van der Waals surface area contributed by atoms with Gasteiger partial charge in [-0.2, -0.15) is 10.4 Å². The van der Waals surface area contributed by atoms with Crippen LogP contribution in [0.1, 0.15) is 5.01 Å². The lowest BCUT2D eigenvalue weighted by molar-refractivity contribution is 0.628. The highest BCUT2D eigenvalue weighted by molar-refractivity contribution is 7.12. The highest BCUT2D eigenvalue weighted by atomic mass is 35.5. The van der Waals surface area contributed by atoms with Crippen molar-refractivity contribution >= 4 is 45.9 Å². The van der Waals surface area contributed by atoms with E-state index in [1.807, 2.05) is 6.07 Å². The van der Waals surface area contributed by atoms with Crippen molar-refractivity contribution in [2.24, 2.45) is 5.10 Å². The molecule has 0 unspecified atom stereocenters. The Morgan fingerprint density at radius 1 is 1.20 bits per heavy atom. The summed E-state index contributed by atoms with van der Waals surface area (Å²) in [5, 5.41) is 16.5. The Balaban J connectivity index is 1.85. The van der Waals surface area contributed by atoms with E-state index < -0.39 is 0 Å². The predicted octanol–water partition coefficient (Wildman–Crippen LogP) is 5.60. The second kappa shape index (κ2) is 7.62. The Labute approximate surface area is 157 Å². The summed E-state index contributed by atoms with van der Waals surface area (Å²) in [7, 11) is 0. The van der Waals surface area contributed by atoms with Crippen molar-refractivity contribution in [3.05, 3.63) is 68.7 Å². The Hall–Kier alpha value is -2.46. The van der Waals surface area contributed by atoms with Gasteiger partial charge in [-0.05, 0) is 42.5 Å². The smallest absolute Gasteiger partial charge is 0.196 e. The standard InChI is InChI=1S/C17H9Cl2FN4S/c18-11-3-6-13(19)14(7-11)23-24-15(8-21)17-22-16(9-25-17)10-1-4-12(20)5-2-10/h1-7,9,23H. The van der Waals surface area contributed by atoms with Gasteiger partial charge in [0, 0.05) is 16.0 Å². The molecule has 0 spiro atoms. The number of nitrogens with zero attached hydrogens (tertiary/aromatic N) is 3. The fourth-order valence-electron chi connectivity index (χ4n) is 1.96. The average Bonchev–Trinajstić information content (AvgIpc) is 3.09. The van der Waals surface area contributed by atoms with Crippen LogP contribution in [0, 0.1) is 17.1 Å². The number of aromatic nitrogens is 1. The van der Waals surface area contributed by atoms with Crippen molar-refractivity contribution in [2.45, 2.75) is 0 Å². The topological polar surface area (TPSA) is 61.1 Å². The average molecular weight is 391 g/mol. The number of thiazole rings is 1. The van der Waals surface area contributed by atoms with Crippen LogP contribution < -0.4 is 5.43 Å². The molecule has 8 heteroatoms. The Morgan fingerprint density at radius 3 is 2.68 bits per heavy atom. The fraction of sp³-hybridized carbons (Fsp3) is 0. The van der Waals surface area contributed by atoms with E-state index in [1.54, 1.807) is 35.7 Å². The van der Waals surface area contributed by atoms with E-state index in [4.69, 9.17) is 23.2 Å². The number of hydrogen-bond acceptors (Lipinski definition) is 5. The van der Waals surface area contributed by atoms with E-state index in [2.05, 4.69) is 15.5 Å². The first-order valence-corrected chi connectivity index (χ1v) is 8.61. The van der Waals surface area contributed by atoms with Gasteiger partial charge in [-0.15, -0.1) is 11.3 Å². The molecule has 2 aromatic carbocycles. The minimum atomic E-state index is -0.318. The van der Waals surface area contributed by atoms with Crippen LogP contribution in [0.5, 0.6) is 0 Å². The molecule has 0 aliphatic heterocycles. The molecule has 4 nitrogen and oxygen atoms in total. The molecule has 0 fully saturated rings. The molecule has 124 valence electrons. The molecule has 0 radical (unpaired) electrons. The van der Waals surface area contributed by atoms with E-state index in [-0.39, 0.29) is 11.5 Å². The van der Waals surface area contributed by atoms with Crippen molar-refractivity contribution < 1.29 is 4.39 Å². The van der Waals surface area contributed by atoms with Gasteiger partial charge in [0.2, 0.25) is 0 Å². The molecule has 0 bridgehead atoms. The summed E-state index contributed by atoms with van der Waals surface area (Å²) >= 11 is 13.2. The van der Waals surface area contributed by atoms with Gasteiger partial charge >= 0.3 is 0 Å². The number of rotatable bonds is 4. The number of nitriles is 1.